The van der Waals surface area contributed by atoms with Gasteiger partial charge in [0.2, 0.25) is 0 Å². The third-order valence-corrected chi connectivity index (χ3v) is 7.72. The number of nitrogens with zero attached hydrogens (tertiary/aromatic N) is 2. The summed E-state index contributed by atoms with van der Waals surface area (Å²) in [4.78, 5) is 28.9. The van der Waals surface area contributed by atoms with Crippen molar-refractivity contribution >= 4 is 35.2 Å². The van der Waals surface area contributed by atoms with Crippen LogP contribution < -0.4 is 0 Å². The van der Waals surface area contributed by atoms with Crippen molar-refractivity contribution in [2.24, 2.45) is 5.92 Å². The third-order valence-electron chi connectivity index (χ3n) is 5.72. The van der Waals surface area contributed by atoms with Gasteiger partial charge in [-0.1, -0.05) is 49.6 Å². The maximum atomic E-state index is 12.2. The van der Waals surface area contributed by atoms with Crippen molar-refractivity contribution < 1.29 is 24.5 Å². The van der Waals surface area contributed by atoms with Crippen LogP contribution in [-0.4, -0.2) is 62.2 Å². The van der Waals surface area contributed by atoms with Crippen LogP contribution in [0.2, 0.25) is 0 Å². The smallest absolute Gasteiger partial charge is 0.410 e. The molecule has 1 unspecified atom stereocenters. The molecule has 3 rings (SSSR count). The summed E-state index contributed by atoms with van der Waals surface area (Å²) in [5.74, 6) is 0.173. The number of carboxylic acid groups (broad SMARTS) is 1. The van der Waals surface area contributed by atoms with Gasteiger partial charge in [0.25, 0.3) is 0 Å². The van der Waals surface area contributed by atoms with Gasteiger partial charge in [0.05, 0.1) is 11.6 Å². The lowest BCUT2D eigenvalue weighted by Crippen LogP contribution is -2.36. The summed E-state index contributed by atoms with van der Waals surface area (Å²) >= 11 is 2.71. The molecule has 1 aliphatic heterocycles. The van der Waals surface area contributed by atoms with E-state index in [0.717, 1.165) is 6.42 Å². The number of thioether (sulfide) groups is 1. The maximum Gasteiger partial charge on any atom is 0.410 e. The number of thiazole rings is 1. The molecular formula is C21H30N2O5S2. The Hall–Kier alpha value is -1.58. The summed E-state index contributed by atoms with van der Waals surface area (Å²) in [6.07, 6.45) is 9.66. The first-order chi connectivity index (χ1) is 14.2. The molecule has 2 fully saturated rings. The van der Waals surface area contributed by atoms with Gasteiger partial charge in [-0.25, -0.2) is 14.6 Å². The van der Waals surface area contributed by atoms with Crippen LogP contribution >= 0.6 is 23.1 Å². The number of amides is 1. The Morgan fingerprint density at radius 3 is 2.87 bits per heavy atom. The largest absolute Gasteiger partial charge is 0.476 e. The summed E-state index contributed by atoms with van der Waals surface area (Å²) in [5, 5.41) is 21.2. The first kappa shape index (κ1) is 23.1. The monoisotopic (exact) mass is 454 g/mol. The second-order valence-corrected chi connectivity index (χ2v) is 10.6. The number of cyclic esters (lactones) is 1. The number of hydrogen-bond acceptors (Lipinski definition) is 7. The van der Waals surface area contributed by atoms with E-state index in [2.05, 4.69) is 4.98 Å². The van der Waals surface area contributed by atoms with Gasteiger partial charge in [-0.05, 0) is 32.6 Å². The van der Waals surface area contributed by atoms with Gasteiger partial charge in [-0.15, -0.1) is 11.3 Å². The lowest BCUT2D eigenvalue weighted by atomic mass is 9.88. The average molecular weight is 455 g/mol. The molecule has 1 saturated heterocycles. The molecule has 0 bridgehead atoms. The minimum atomic E-state index is -1.04. The molecule has 30 heavy (non-hydrogen) atoms. The number of carbonyl (C=O) groups is 2. The summed E-state index contributed by atoms with van der Waals surface area (Å²) in [7, 11) is 0. The van der Waals surface area contributed by atoms with Crippen molar-refractivity contribution in [3.63, 3.8) is 0 Å². The molecule has 3 atom stereocenters. The van der Waals surface area contributed by atoms with Crippen molar-refractivity contribution in [3.8, 4) is 0 Å². The van der Waals surface area contributed by atoms with Crippen LogP contribution in [0, 0.1) is 5.92 Å². The Bertz CT molecular complexity index is 773. The molecule has 1 aliphatic carbocycles. The zero-order chi connectivity index (χ0) is 21.7. The second-order valence-electron chi connectivity index (χ2n) is 8.41. The molecule has 1 saturated carbocycles. The molecule has 0 radical (unpaired) electrons. The van der Waals surface area contributed by atoms with E-state index >= 15 is 0 Å². The maximum absolute atomic E-state index is 12.2. The van der Waals surface area contributed by atoms with Gasteiger partial charge in [-0.3, -0.25) is 4.90 Å². The number of ether oxygens (including phenoxy) is 1. The molecule has 2 aliphatic rings. The highest BCUT2D eigenvalue weighted by Crippen LogP contribution is 2.33. The van der Waals surface area contributed by atoms with Crippen LogP contribution in [0.1, 0.15) is 62.9 Å². The second kappa shape index (κ2) is 10.2. The zero-order valence-electron chi connectivity index (χ0n) is 17.5. The standard InChI is InChI=1S/C21H30N2O5S2/c1-14-17(8-5-9-21(2,27)12-15-6-3-4-7-15)23(20(26)28-14)10-11-29-19-22-16(13-30-19)18(24)25/h5,8,13-15,17,27H,3-4,6-7,9-12H2,1-2H3,(H,24,25)/b8-5+/t14-,17-,21?/m0/s1. The highest BCUT2D eigenvalue weighted by atomic mass is 32.2. The van der Waals surface area contributed by atoms with E-state index in [0.29, 0.717) is 29.0 Å². The number of carbonyl (C=O) groups excluding carboxylic acids is 1. The quantitative estimate of drug-likeness (QED) is 0.399. The number of aromatic nitrogens is 1. The molecule has 1 aromatic heterocycles. The number of hydrogen-bond donors (Lipinski definition) is 2. The topological polar surface area (TPSA) is 100.0 Å². The van der Waals surface area contributed by atoms with Crippen LogP contribution in [0.5, 0.6) is 0 Å². The Balaban J connectivity index is 1.51. The van der Waals surface area contributed by atoms with Crippen molar-refractivity contribution in [1.82, 2.24) is 9.88 Å². The SMILES string of the molecule is C[C@@H]1OC(=O)N(CCSc2nc(C(=O)O)cs2)[C@H]1/C=C/CC(C)(O)CC1CCCC1. The Morgan fingerprint density at radius 2 is 2.20 bits per heavy atom. The van der Waals surface area contributed by atoms with E-state index in [9.17, 15) is 14.7 Å². The summed E-state index contributed by atoms with van der Waals surface area (Å²) in [5.41, 5.74) is -0.687. The molecular weight excluding hydrogens is 424 g/mol. The van der Waals surface area contributed by atoms with Gasteiger partial charge in [0, 0.05) is 17.7 Å². The van der Waals surface area contributed by atoms with E-state index in [1.165, 1.54) is 54.2 Å². The van der Waals surface area contributed by atoms with Crippen molar-refractivity contribution in [3.05, 3.63) is 23.2 Å². The van der Waals surface area contributed by atoms with Crippen molar-refractivity contribution in [1.29, 1.82) is 0 Å². The van der Waals surface area contributed by atoms with Gasteiger partial charge in [0.1, 0.15) is 6.10 Å². The normalized spacial score (nSPS) is 24.5. The van der Waals surface area contributed by atoms with E-state index < -0.39 is 11.6 Å². The van der Waals surface area contributed by atoms with E-state index in [1.54, 1.807) is 4.90 Å². The molecule has 7 nitrogen and oxygen atoms in total. The van der Waals surface area contributed by atoms with Crippen LogP contribution in [0.25, 0.3) is 0 Å². The Labute approximate surface area is 185 Å². The van der Waals surface area contributed by atoms with Crippen LogP contribution in [0.15, 0.2) is 21.9 Å². The fourth-order valence-corrected chi connectivity index (χ4v) is 6.02. The fraction of sp³-hybridized carbons (Fsp3) is 0.667. The Kier molecular flexibility index (Phi) is 7.81. The number of carboxylic acids is 1. The first-order valence-corrected chi connectivity index (χ1v) is 12.3. The molecule has 2 heterocycles. The average Bonchev–Trinajstić information content (AvgIpc) is 3.38. The highest BCUT2D eigenvalue weighted by Gasteiger charge is 2.37. The molecule has 166 valence electrons. The minimum absolute atomic E-state index is 0.0437. The molecule has 0 aromatic carbocycles. The Morgan fingerprint density at radius 1 is 1.47 bits per heavy atom. The van der Waals surface area contributed by atoms with Crippen LogP contribution in [0.4, 0.5) is 4.79 Å². The third kappa shape index (κ3) is 6.21. The number of aromatic carboxylic acids is 1. The molecule has 1 amide bonds. The molecule has 2 N–H and O–H groups in total. The van der Waals surface area contributed by atoms with Crippen LogP contribution in [-0.2, 0) is 4.74 Å². The number of aliphatic hydroxyl groups is 1. The van der Waals surface area contributed by atoms with Gasteiger partial charge in [0.15, 0.2) is 10.0 Å². The minimum Gasteiger partial charge on any atom is -0.476 e. The predicted octanol–water partition coefficient (Wildman–Crippen LogP) is 4.42. The van der Waals surface area contributed by atoms with Gasteiger partial charge >= 0.3 is 12.1 Å². The van der Waals surface area contributed by atoms with Crippen molar-refractivity contribution in [2.75, 3.05) is 12.3 Å². The number of rotatable bonds is 10. The lowest BCUT2D eigenvalue weighted by Gasteiger charge is -2.26. The predicted molar refractivity (Wildman–Crippen MR) is 117 cm³/mol. The van der Waals surface area contributed by atoms with E-state index in [1.807, 2.05) is 26.0 Å². The summed E-state index contributed by atoms with van der Waals surface area (Å²) in [6.45, 7) is 4.24. The molecule has 0 spiro atoms. The summed E-state index contributed by atoms with van der Waals surface area (Å²) in [6, 6.07) is -0.175. The molecule has 9 heteroatoms. The molecule has 1 aromatic rings. The van der Waals surface area contributed by atoms with E-state index in [4.69, 9.17) is 9.84 Å². The lowest BCUT2D eigenvalue weighted by molar-refractivity contribution is 0.0372. The van der Waals surface area contributed by atoms with Crippen molar-refractivity contribution in [2.45, 2.75) is 74.5 Å². The summed E-state index contributed by atoms with van der Waals surface area (Å²) < 4.78 is 6.06. The van der Waals surface area contributed by atoms with Crippen LogP contribution in [0.3, 0.4) is 0 Å². The van der Waals surface area contributed by atoms with E-state index in [-0.39, 0.29) is 23.9 Å². The highest BCUT2D eigenvalue weighted by molar-refractivity contribution is 8.01. The zero-order valence-corrected chi connectivity index (χ0v) is 19.1. The first-order valence-electron chi connectivity index (χ1n) is 10.4. The van der Waals surface area contributed by atoms with Gasteiger partial charge < -0.3 is 14.9 Å². The van der Waals surface area contributed by atoms with Gasteiger partial charge in [-0.2, -0.15) is 0 Å². The fourth-order valence-electron chi connectivity index (χ4n) is 4.21.